The van der Waals surface area contributed by atoms with Crippen molar-refractivity contribution in [3.63, 3.8) is 0 Å². The summed E-state index contributed by atoms with van der Waals surface area (Å²) >= 11 is 9.50. The van der Waals surface area contributed by atoms with Crippen LogP contribution in [0.1, 0.15) is 11.6 Å². The van der Waals surface area contributed by atoms with Crippen LogP contribution in [0.5, 0.6) is 5.75 Å². The fourth-order valence-corrected chi connectivity index (χ4v) is 2.62. The summed E-state index contributed by atoms with van der Waals surface area (Å²) in [7, 11) is 1.62. The lowest BCUT2D eigenvalue weighted by molar-refractivity contribution is 0.276. The monoisotopic (exact) mass is 355 g/mol. The number of ether oxygens (including phenoxy) is 1. The molecule has 0 radical (unpaired) electrons. The van der Waals surface area contributed by atoms with Crippen molar-refractivity contribution in [1.82, 2.24) is 0 Å². The first kappa shape index (κ1) is 15.2. The number of halogens is 2. The molecule has 5 heteroatoms. The second-order valence-electron chi connectivity index (χ2n) is 4.28. The molecule has 0 aromatic heterocycles. The summed E-state index contributed by atoms with van der Waals surface area (Å²) in [5.41, 5.74) is 1.78. The minimum absolute atomic E-state index is 0.0455. The summed E-state index contributed by atoms with van der Waals surface area (Å²) in [4.78, 5) is 0. The van der Waals surface area contributed by atoms with E-state index in [9.17, 15) is 5.11 Å². The lowest BCUT2D eigenvalue weighted by Crippen LogP contribution is -2.15. The van der Waals surface area contributed by atoms with E-state index < -0.39 is 0 Å². The lowest BCUT2D eigenvalue weighted by Gasteiger charge is -2.20. The molecule has 2 rings (SSSR count). The van der Waals surface area contributed by atoms with Crippen LogP contribution in [-0.2, 0) is 0 Å². The maximum atomic E-state index is 9.62. The smallest absolute Gasteiger partial charge is 0.120 e. The Morgan fingerprint density at radius 2 is 2.10 bits per heavy atom. The van der Waals surface area contributed by atoms with E-state index in [1.54, 1.807) is 13.2 Å². The van der Waals surface area contributed by atoms with E-state index in [1.165, 1.54) is 0 Å². The van der Waals surface area contributed by atoms with Gasteiger partial charge in [0.1, 0.15) is 5.75 Å². The first-order valence-corrected chi connectivity index (χ1v) is 7.27. The second-order valence-corrected chi connectivity index (χ2v) is 5.57. The highest BCUT2D eigenvalue weighted by atomic mass is 79.9. The molecule has 3 nitrogen and oxygen atoms in total. The van der Waals surface area contributed by atoms with Crippen molar-refractivity contribution in [3.05, 3.63) is 57.5 Å². The Bertz CT molecular complexity index is 592. The molecular weight excluding hydrogens is 342 g/mol. The van der Waals surface area contributed by atoms with E-state index in [-0.39, 0.29) is 12.6 Å². The van der Waals surface area contributed by atoms with Crippen molar-refractivity contribution in [1.29, 1.82) is 0 Å². The minimum Gasteiger partial charge on any atom is -0.497 e. The van der Waals surface area contributed by atoms with Crippen LogP contribution in [0.25, 0.3) is 0 Å². The lowest BCUT2D eigenvalue weighted by atomic mass is 10.1. The predicted molar refractivity (Wildman–Crippen MR) is 85.6 cm³/mol. The third kappa shape index (κ3) is 3.66. The van der Waals surface area contributed by atoms with Gasteiger partial charge in [0.25, 0.3) is 0 Å². The standard InChI is InChI=1S/C15H15BrClNO2/c1-20-12-4-2-3-11(8-12)18-15(9-19)13-7-10(17)5-6-14(13)16/h2-8,15,18-19H,9H2,1H3. The molecule has 0 spiro atoms. The molecule has 106 valence electrons. The van der Waals surface area contributed by atoms with E-state index in [2.05, 4.69) is 21.2 Å². The highest BCUT2D eigenvalue weighted by Crippen LogP contribution is 2.29. The van der Waals surface area contributed by atoms with E-state index in [1.807, 2.05) is 36.4 Å². The van der Waals surface area contributed by atoms with Gasteiger partial charge in [-0.05, 0) is 35.9 Å². The maximum Gasteiger partial charge on any atom is 0.120 e. The summed E-state index contributed by atoms with van der Waals surface area (Å²) in [6.45, 7) is -0.0455. The number of hydrogen-bond acceptors (Lipinski definition) is 3. The molecule has 1 unspecified atom stereocenters. The Balaban J connectivity index is 2.26. The molecule has 0 heterocycles. The van der Waals surface area contributed by atoms with Crippen LogP contribution in [-0.4, -0.2) is 18.8 Å². The SMILES string of the molecule is COc1cccc(NC(CO)c2cc(Cl)ccc2Br)c1. The van der Waals surface area contributed by atoms with Gasteiger partial charge in [-0.3, -0.25) is 0 Å². The largest absolute Gasteiger partial charge is 0.497 e. The van der Waals surface area contributed by atoms with Crippen molar-refractivity contribution >= 4 is 33.2 Å². The molecule has 0 amide bonds. The van der Waals surface area contributed by atoms with Gasteiger partial charge in [0, 0.05) is 21.2 Å². The molecule has 0 saturated heterocycles. The zero-order valence-electron chi connectivity index (χ0n) is 10.9. The van der Waals surface area contributed by atoms with Gasteiger partial charge in [-0.15, -0.1) is 0 Å². The molecule has 1 atom stereocenters. The summed E-state index contributed by atoms with van der Waals surface area (Å²) in [5.74, 6) is 0.761. The topological polar surface area (TPSA) is 41.5 Å². The first-order valence-electron chi connectivity index (χ1n) is 6.10. The number of aliphatic hydroxyl groups excluding tert-OH is 1. The number of methoxy groups -OCH3 is 1. The van der Waals surface area contributed by atoms with Crippen LogP contribution < -0.4 is 10.1 Å². The first-order chi connectivity index (χ1) is 9.63. The molecule has 2 aromatic carbocycles. The molecule has 2 aromatic rings. The van der Waals surface area contributed by atoms with Crippen molar-refractivity contribution in [2.24, 2.45) is 0 Å². The Morgan fingerprint density at radius 1 is 1.30 bits per heavy atom. The molecule has 20 heavy (non-hydrogen) atoms. The normalized spacial score (nSPS) is 12.0. The Hall–Kier alpha value is -1.23. The third-order valence-electron chi connectivity index (χ3n) is 2.93. The molecule has 2 N–H and O–H groups in total. The van der Waals surface area contributed by atoms with Crippen molar-refractivity contribution in [2.75, 3.05) is 19.0 Å². The summed E-state index contributed by atoms with van der Waals surface area (Å²) < 4.78 is 6.09. The number of benzene rings is 2. The molecule has 0 aliphatic rings. The van der Waals surface area contributed by atoms with Gasteiger partial charge in [0.2, 0.25) is 0 Å². The van der Waals surface area contributed by atoms with Gasteiger partial charge >= 0.3 is 0 Å². The Morgan fingerprint density at radius 3 is 2.80 bits per heavy atom. The number of aliphatic hydroxyl groups is 1. The van der Waals surface area contributed by atoms with Crippen LogP contribution in [0.3, 0.4) is 0 Å². The fraction of sp³-hybridized carbons (Fsp3) is 0.200. The number of nitrogens with one attached hydrogen (secondary N) is 1. The Kier molecular flexibility index (Phi) is 5.29. The van der Waals surface area contributed by atoms with Gasteiger partial charge < -0.3 is 15.2 Å². The van der Waals surface area contributed by atoms with E-state index in [4.69, 9.17) is 16.3 Å². The van der Waals surface area contributed by atoms with Gasteiger partial charge in [-0.1, -0.05) is 33.6 Å². The van der Waals surface area contributed by atoms with E-state index >= 15 is 0 Å². The predicted octanol–water partition coefficient (Wildman–Crippen LogP) is 4.26. The molecule has 0 aliphatic heterocycles. The molecular formula is C15H15BrClNO2. The minimum atomic E-state index is -0.254. The van der Waals surface area contributed by atoms with E-state index in [0.717, 1.165) is 21.5 Å². The maximum absolute atomic E-state index is 9.62. The van der Waals surface area contributed by atoms with Gasteiger partial charge in [-0.25, -0.2) is 0 Å². The van der Waals surface area contributed by atoms with Crippen LogP contribution in [0.15, 0.2) is 46.9 Å². The third-order valence-corrected chi connectivity index (χ3v) is 3.88. The van der Waals surface area contributed by atoms with Gasteiger partial charge in [0.05, 0.1) is 19.8 Å². The molecule has 0 saturated carbocycles. The average Bonchev–Trinajstić information content (AvgIpc) is 2.47. The summed E-state index contributed by atoms with van der Waals surface area (Å²) in [5, 5.41) is 13.5. The van der Waals surface area contributed by atoms with Crippen molar-refractivity contribution < 1.29 is 9.84 Å². The summed E-state index contributed by atoms with van der Waals surface area (Å²) in [6.07, 6.45) is 0. The Labute approximate surface area is 131 Å². The van der Waals surface area contributed by atoms with Crippen LogP contribution >= 0.6 is 27.5 Å². The van der Waals surface area contributed by atoms with Gasteiger partial charge in [-0.2, -0.15) is 0 Å². The van der Waals surface area contributed by atoms with Crippen LogP contribution in [0, 0.1) is 0 Å². The summed E-state index contributed by atoms with van der Waals surface area (Å²) in [6, 6.07) is 12.8. The number of rotatable bonds is 5. The van der Waals surface area contributed by atoms with Crippen LogP contribution in [0.4, 0.5) is 5.69 Å². The van der Waals surface area contributed by atoms with Crippen molar-refractivity contribution in [3.8, 4) is 5.75 Å². The molecule has 0 fully saturated rings. The average molecular weight is 357 g/mol. The fourth-order valence-electron chi connectivity index (χ4n) is 1.92. The molecule has 0 bridgehead atoms. The number of hydrogen-bond donors (Lipinski definition) is 2. The number of anilines is 1. The highest BCUT2D eigenvalue weighted by Gasteiger charge is 2.14. The van der Waals surface area contributed by atoms with Crippen molar-refractivity contribution in [2.45, 2.75) is 6.04 Å². The highest BCUT2D eigenvalue weighted by molar-refractivity contribution is 9.10. The zero-order chi connectivity index (χ0) is 14.5. The zero-order valence-corrected chi connectivity index (χ0v) is 13.3. The van der Waals surface area contributed by atoms with Gasteiger partial charge in [0.15, 0.2) is 0 Å². The van der Waals surface area contributed by atoms with Crippen LogP contribution in [0.2, 0.25) is 5.02 Å². The second kappa shape index (κ2) is 6.97. The van der Waals surface area contributed by atoms with E-state index in [0.29, 0.717) is 5.02 Å². The quantitative estimate of drug-likeness (QED) is 0.841. The molecule has 0 aliphatic carbocycles.